The van der Waals surface area contributed by atoms with Crippen LogP contribution in [0, 0.1) is 5.82 Å². The number of rotatable bonds is 4. The van der Waals surface area contributed by atoms with Crippen molar-refractivity contribution in [1.29, 1.82) is 0 Å². The molecular formula is C23H25FN4O3. The minimum atomic E-state index is -0.398. The molecule has 0 aliphatic carbocycles. The first-order valence-electron chi connectivity index (χ1n) is 10.3. The summed E-state index contributed by atoms with van der Waals surface area (Å²) >= 11 is 0. The maximum Gasteiger partial charge on any atom is 0.274 e. The number of ether oxygens (including phenoxy) is 1. The number of anilines is 2. The third kappa shape index (κ3) is 4.44. The second-order valence-corrected chi connectivity index (χ2v) is 7.97. The molecule has 0 bridgehead atoms. The van der Waals surface area contributed by atoms with E-state index in [0.29, 0.717) is 40.9 Å². The number of benzene rings is 2. The fourth-order valence-electron chi connectivity index (χ4n) is 4.08. The topological polar surface area (TPSA) is 76.5 Å². The maximum absolute atomic E-state index is 14.8. The number of carbonyl (C=O) groups is 1. The van der Waals surface area contributed by atoms with Crippen LogP contribution in [-0.4, -0.2) is 41.0 Å². The van der Waals surface area contributed by atoms with Crippen molar-refractivity contribution in [3.8, 4) is 0 Å². The first kappa shape index (κ1) is 21.0. The highest BCUT2D eigenvalue weighted by molar-refractivity contribution is 5.95. The Morgan fingerprint density at radius 1 is 1.16 bits per heavy atom. The monoisotopic (exact) mass is 424 g/mol. The van der Waals surface area contributed by atoms with Crippen LogP contribution in [-0.2, 0) is 23.0 Å². The van der Waals surface area contributed by atoms with Crippen molar-refractivity contribution in [3.05, 3.63) is 64.3 Å². The number of hydrogen-bond acceptors (Lipinski definition) is 5. The van der Waals surface area contributed by atoms with Gasteiger partial charge in [0.2, 0.25) is 5.91 Å². The molecule has 1 amide bonds. The van der Waals surface area contributed by atoms with Crippen molar-refractivity contribution >= 4 is 28.1 Å². The quantitative estimate of drug-likeness (QED) is 0.697. The second kappa shape index (κ2) is 8.47. The van der Waals surface area contributed by atoms with Gasteiger partial charge in [-0.3, -0.25) is 9.59 Å². The predicted molar refractivity (Wildman–Crippen MR) is 118 cm³/mol. The van der Waals surface area contributed by atoms with Gasteiger partial charge in [0.15, 0.2) is 0 Å². The lowest BCUT2D eigenvalue weighted by Gasteiger charge is -2.37. The Labute approximate surface area is 179 Å². The zero-order valence-electron chi connectivity index (χ0n) is 17.8. The fourth-order valence-corrected chi connectivity index (χ4v) is 4.08. The first-order chi connectivity index (χ1) is 14.8. The number of amides is 1. The van der Waals surface area contributed by atoms with Crippen LogP contribution in [0.3, 0.4) is 0 Å². The van der Waals surface area contributed by atoms with Gasteiger partial charge in [-0.2, -0.15) is 5.10 Å². The van der Waals surface area contributed by atoms with Crippen LogP contribution < -0.4 is 15.8 Å². The largest absolute Gasteiger partial charge is 0.372 e. The zero-order valence-corrected chi connectivity index (χ0v) is 17.8. The summed E-state index contributed by atoms with van der Waals surface area (Å²) < 4.78 is 21.7. The molecular weight excluding hydrogens is 399 g/mol. The van der Waals surface area contributed by atoms with Gasteiger partial charge in [-0.05, 0) is 38.1 Å². The average Bonchev–Trinajstić information content (AvgIpc) is 2.71. The maximum atomic E-state index is 14.8. The van der Waals surface area contributed by atoms with Crippen LogP contribution in [0.1, 0.15) is 19.5 Å². The summed E-state index contributed by atoms with van der Waals surface area (Å²) in [4.78, 5) is 26.8. The van der Waals surface area contributed by atoms with Crippen molar-refractivity contribution in [2.45, 2.75) is 32.5 Å². The Morgan fingerprint density at radius 3 is 2.52 bits per heavy atom. The molecule has 3 aromatic rings. The van der Waals surface area contributed by atoms with Crippen LogP contribution in [0.5, 0.6) is 0 Å². The molecule has 2 atom stereocenters. The van der Waals surface area contributed by atoms with E-state index in [-0.39, 0.29) is 30.1 Å². The number of morpholine rings is 1. The molecule has 4 rings (SSSR count). The Morgan fingerprint density at radius 2 is 1.84 bits per heavy atom. The van der Waals surface area contributed by atoms with Gasteiger partial charge in [0.1, 0.15) is 5.82 Å². The molecule has 0 radical (unpaired) electrons. The molecule has 31 heavy (non-hydrogen) atoms. The van der Waals surface area contributed by atoms with E-state index in [2.05, 4.69) is 10.4 Å². The van der Waals surface area contributed by atoms with Gasteiger partial charge in [-0.15, -0.1) is 0 Å². The SMILES string of the molecule is CC1CN(c2ccc(NC(=O)Cc3nn(C)c(=O)c4ccccc34)cc2F)CC(C)O1. The van der Waals surface area contributed by atoms with Crippen molar-refractivity contribution in [2.75, 3.05) is 23.3 Å². The van der Waals surface area contributed by atoms with Gasteiger partial charge in [0, 0.05) is 31.2 Å². The van der Waals surface area contributed by atoms with Gasteiger partial charge < -0.3 is 15.0 Å². The third-order valence-corrected chi connectivity index (χ3v) is 5.35. The van der Waals surface area contributed by atoms with E-state index in [1.165, 1.54) is 10.7 Å². The highest BCUT2D eigenvalue weighted by atomic mass is 19.1. The molecule has 8 heteroatoms. The molecule has 2 aromatic carbocycles. The van der Waals surface area contributed by atoms with Crippen molar-refractivity contribution in [2.24, 2.45) is 7.05 Å². The normalized spacial score (nSPS) is 18.9. The molecule has 1 N–H and O–H groups in total. The van der Waals surface area contributed by atoms with Crippen LogP contribution in [0.2, 0.25) is 0 Å². The van der Waals surface area contributed by atoms with Crippen LogP contribution in [0.15, 0.2) is 47.3 Å². The second-order valence-electron chi connectivity index (χ2n) is 7.97. The molecule has 7 nitrogen and oxygen atoms in total. The van der Waals surface area contributed by atoms with E-state index in [1.807, 2.05) is 18.7 Å². The molecule has 0 saturated carbocycles. The van der Waals surface area contributed by atoms with E-state index in [0.717, 1.165) is 0 Å². The van der Waals surface area contributed by atoms with E-state index in [9.17, 15) is 14.0 Å². The summed E-state index contributed by atoms with van der Waals surface area (Å²) in [6.07, 6.45) is 0.00891. The van der Waals surface area contributed by atoms with Gasteiger partial charge in [-0.1, -0.05) is 18.2 Å². The van der Waals surface area contributed by atoms with Gasteiger partial charge in [-0.25, -0.2) is 9.07 Å². The van der Waals surface area contributed by atoms with Crippen LogP contribution >= 0.6 is 0 Å². The van der Waals surface area contributed by atoms with Gasteiger partial charge in [0.25, 0.3) is 5.56 Å². The molecule has 1 aromatic heterocycles. The Kier molecular flexibility index (Phi) is 5.73. The lowest BCUT2D eigenvalue weighted by molar-refractivity contribution is -0.115. The van der Waals surface area contributed by atoms with E-state index in [4.69, 9.17) is 4.74 Å². The lowest BCUT2D eigenvalue weighted by atomic mass is 10.1. The van der Waals surface area contributed by atoms with Crippen molar-refractivity contribution in [1.82, 2.24) is 9.78 Å². The lowest BCUT2D eigenvalue weighted by Crippen LogP contribution is -2.45. The number of nitrogens with one attached hydrogen (secondary N) is 1. The summed E-state index contributed by atoms with van der Waals surface area (Å²) in [5.74, 6) is -0.734. The molecule has 1 aliphatic rings. The minimum Gasteiger partial charge on any atom is -0.372 e. The molecule has 1 fully saturated rings. The fraction of sp³-hybridized carbons (Fsp3) is 0.348. The van der Waals surface area contributed by atoms with E-state index >= 15 is 0 Å². The Balaban J connectivity index is 1.51. The van der Waals surface area contributed by atoms with Crippen molar-refractivity contribution in [3.63, 3.8) is 0 Å². The number of aromatic nitrogens is 2. The number of halogens is 1. The number of fused-ring (bicyclic) bond motifs is 1. The van der Waals surface area contributed by atoms with E-state index in [1.54, 1.807) is 43.4 Å². The summed E-state index contributed by atoms with van der Waals surface area (Å²) in [7, 11) is 1.55. The van der Waals surface area contributed by atoms with Crippen LogP contribution in [0.4, 0.5) is 15.8 Å². The molecule has 2 heterocycles. The van der Waals surface area contributed by atoms with Gasteiger partial charge >= 0.3 is 0 Å². The molecule has 1 saturated heterocycles. The number of nitrogens with zero attached hydrogens (tertiary/aromatic N) is 3. The van der Waals surface area contributed by atoms with Gasteiger partial charge in [0.05, 0.1) is 35.4 Å². The summed E-state index contributed by atoms with van der Waals surface area (Å²) in [6, 6.07) is 11.7. The number of carbonyl (C=O) groups excluding carboxylic acids is 1. The Hall–Kier alpha value is -3.26. The summed E-state index contributed by atoms with van der Waals surface area (Å²) in [5.41, 5.74) is 1.13. The summed E-state index contributed by atoms with van der Waals surface area (Å²) in [6.45, 7) is 5.15. The molecule has 162 valence electrons. The average molecular weight is 424 g/mol. The molecule has 0 spiro atoms. The zero-order chi connectivity index (χ0) is 22.1. The molecule has 1 aliphatic heterocycles. The van der Waals surface area contributed by atoms with E-state index < -0.39 is 5.82 Å². The highest BCUT2D eigenvalue weighted by Crippen LogP contribution is 2.26. The number of aryl methyl sites for hydroxylation is 1. The van der Waals surface area contributed by atoms with Crippen molar-refractivity contribution < 1.29 is 13.9 Å². The highest BCUT2D eigenvalue weighted by Gasteiger charge is 2.24. The Bertz CT molecular complexity index is 1180. The number of hydrogen-bond donors (Lipinski definition) is 1. The standard InChI is InChI=1S/C23H25FN4O3/c1-14-12-28(13-15(2)31-14)21-9-8-16(10-19(21)24)25-22(29)11-20-17-6-4-5-7-18(17)23(30)27(3)26-20/h4-10,14-15H,11-13H2,1-3H3,(H,25,29). The smallest absolute Gasteiger partial charge is 0.274 e. The summed E-state index contributed by atoms with van der Waals surface area (Å²) in [5, 5.41) is 8.11. The predicted octanol–water partition coefficient (Wildman–Crippen LogP) is 2.87. The first-order valence-corrected chi connectivity index (χ1v) is 10.3. The molecule has 2 unspecified atom stereocenters. The third-order valence-electron chi connectivity index (χ3n) is 5.35. The van der Waals surface area contributed by atoms with Crippen LogP contribution in [0.25, 0.3) is 10.8 Å². The minimum absolute atomic E-state index is 0.0201.